The Hall–Kier alpha value is -1.46. The molecule has 5 heteroatoms. The summed E-state index contributed by atoms with van der Waals surface area (Å²) in [5.41, 5.74) is 6.45. The maximum Gasteiger partial charge on any atom is 0.209 e. The smallest absolute Gasteiger partial charge is 0.209 e. The summed E-state index contributed by atoms with van der Waals surface area (Å²) in [6, 6.07) is 5.28. The minimum atomic E-state index is -0.800. The lowest BCUT2D eigenvalue weighted by Gasteiger charge is -2.21. The molecule has 0 amide bonds. The van der Waals surface area contributed by atoms with E-state index in [4.69, 9.17) is 20.6 Å². The summed E-state index contributed by atoms with van der Waals surface area (Å²) >= 11 is 0. The Morgan fingerprint density at radius 1 is 1.47 bits per heavy atom. The van der Waals surface area contributed by atoms with Crippen LogP contribution in [-0.4, -0.2) is 24.0 Å². The summed E-state index contributed by atoms with van der Waals surface area (Å²) in [5.74, 6) is -0.857. The molecule has 0 aromatic carbocycles. The van der Waals surface area contributed by atoms with Crippen LogP contribution in [-0.2, 0) is 15.3 Å². The average molecular weight is 207 g/mol. The monoisotopic (exact) mass is 207 g/mol. The average Bonchev–Trinajstić information content (AvgIpc) is 2.67. The first kappa shape index (κ1) is 10.1. The van der Waals surface area contributed by atoms with Crippen LogP contribution in [0.1, 0.15) is 18.3 Å². The van der Waals surface area contributed by atoms with E-state index in [1.54, 1.807) is 18.2 Å². The number of hydrogen-bond acceptors (Lipinski definition) is 4. The number of pyridine rings is 1. The SMILES string of the molecule is CC1(c2cccc(C(=N)N)n2)OCCO1. The topological polar surface area (TPSA) is 81.2 Å². The highest BCUT2D eigenvalue weighted by Crippen LogP contribution is 2.29. The molecule has 0 bridgehead atoms. The summed E-state index contributed by atoms with van der Waals surface area (Å²) in [4.78, 5) is 4.23. The number of hydrogen-bond donors (Lipinski definition) is 2. The molecule has 1 aliphatic rings. The molecule has 0 aliphatic carbocycles. The van der Waals surface area contributed by atoms with Crippen molar-refractivity contribution in [1.82, 2.24) is 4.98 Å². The number of aromatic nitrogens is 1. The third kappa shape index (κ3) is 1.84. The predicted molar refractivity (Wildman–Crippen MR) is 54.5 cm³/mol. The summed E-state index contributed by atoms with van der Waals surface area (Å²) < 4.78 is 10.9. The highest BCUT2D eigenvalue weighted by Gasteiger charge is 2.34. The lowest BCUT2D eigenvalue weighted by molar-refractivity contribution is -0.152. The highest BCUT2D eigenvalue weighted by molar-refractivity contribution is 5.92. The van der Waals surface area contributed by atoms with Gasteiger partial charge in [-0.3, -0.25) is 5.41 Å². The summed E-state index contributed by atoms with van der Waals surface area (Å²) in [7, 11) is 0. The van der Waals surface area contributed by atoms with Crippen molar-refractivity contribution in [3.05, 3.63) is 29.6 Å². The Morgan fingerprint density at radius 2 is 2.13 bits per heavy atom. The molecule has 2 heterocycles. The van der Waals surface area contributed by atoms with Crippen LogP contribution < -0.4 is 5.73 Å². The van der Waals surface area contributed by atoms with Crippen molar-refractivity contribution < 1.29 is 9.47 Å². The van der Waals surface area contributed by atoms with Crippen molar-refractivity contribution >= 4 is 5.84 Å². The zero-order valence-electron chi connectivity index (χ0n) is 8.49. The van der Waals surface area contributed by atoms with Crippen LogP contribution in [0.25, 0.3) is 0 Å². The number of nitrogens with one attached hydrogen (secondary N) is 1. The molecular weight excluding hydrogens is 194 g/mol. The number of amidine groups is 1. The van der Waals surface area contributed by atoms with E-state index in [1.165, 1.54) is 0 Å². The van der Waals surface area contributed by atoms with Crippen LogP contribution in [0.15, 0.2) is 18.2 Å². The molecule has 3 N–H and O–H groups in total. The van der Waals surface area contributed by atoms with Gasteiger partial charge in [0.25, 0.3) is 0 Å². The largest absolute Gasteiger partial charge is 0.382 e. The Bertz CT molecular complexity index is 386. The van der Waals surface area contributed by atoms with Gasteiger partial charge in [-0.15, -0.1) is 0 Å². The van der Waals surface area contributed by atoms with Gasteiger partial charge in [0.05, 0.1) is 13.2 Å². The van der Waals surface area contributed by atoms with Crippen LogP contribution >= 0.6 is 0 Å². The molecule has 0 radical (unpaired) electrons. The number of ether oxygens (including phenoxy) is 2. The molecule has 15 heavy (non-hydrogen) atoms. The molecular formula is C10H13N3O2. The van der Waals surface area contributed by atoms with Crippen LogP contribution in [0.5, 0.6) is 0 Å². The molecule has 0 saturated carbocycles. The van der Waals surface area contributed by atoms with Gasteiger partial charge in [0, 0.05) is 0 Å². The van der Waals surface area contributed by atoms with Gasteiger partial charge < -0.3 is 15.2 Å². The van der Waals surface area contributed by atoms with Gasteiger partial charge in [-0.05, 0) is 19.1 Å². The second kappa shape index (κ2) is 3.60. The van der Waals surface area contributed by atoms with Gasteiger partial charge in [-0.25, -0.2) is 4.98 Å². The fraction of sp³-hybridized carbons (Fsp3) is 0.400. The van der Waals surface area contributed by atoms with Gasteiger partial charge in [0.1, 0.15) is 17.2 Å². The first-order chi connectivity index (χ1) is 7.12. The second-order valence-electron chi connectivity index (χ2n) is 3.46. The summed E-state index contributed by atoms with van der Waals surface area (Å²) in [6.07, 6.45) is 0. The van der Waals surface area contributed by atoms with Crippen LogP contribution in [0, 0.1) is 5.41 Å². The zero-order chi connectivity index (χ0) is 10.9. The molecule has 1 fully saturated rings. The van der Waals surface area contributed by atoms with Crippen LogP contribution in [0.4, 0.5) is 0 Å². The maximum atomic E-state index is 7.30. The van der Waals surface area contributed by atoms with Crippen molar-refractivity contribution in [3.8, 4) is 0 Å². The van der Waals surface area contributed by atoms with Crippen molar-refractivity contribution in [2.24, 2.45) is 5.73 Å². The van der Waals surface area contributed by atoms with Gasteiger partial charge in [0.15, 0.2) is 0 Å². The lowest BCUT2D eigenvalue weighted by Crippen LogP contribution is -2.25. The standard InChI is InChI=1S/C10H13N3O2/c1-10(14-5-6-15-10)8-4-2-3-7(13-8)9(11)12/h2-4H,5-6H2,1H3,(H3,11,12). The molecule has 0 atom stereocenters. The lowest BCUT2D eigenvalue weighted by atomic mass is 10.2. The van der Waals surface area contributed by atoms with E-state index in [0.717, 1.165) is 0 Å². The Labute approximate surface area is 87.7 Å². The molecule has 1 aromatic rings. The molecule has 80 valence electrons. The second-order valence-corrected chi connectivity index (χ2v) is 3.46. The Kier molecular flexibility index (Phi) is 2.42. The van der Waals surface area contributed by atoms with E-state index in [9.17, 15) is 0 Å². The van der Waals surface area contributed by atoms with E-state index in [2.05, 4.69) is 4.98 Å². The van der Waals surface area contributed by atoms with Crippen LogP contribution in [0.2, 0.25) is 0 Å². The third-order valence-corrected chi connectivity index (χ3v) is 2.33. The van der Waals surface area contributed by atoms with Gasteiger partial charge in [-0.1, -0.05) is 6.07 Å². The molecule has 1 saturated heterocycles. The molecule has 0 unspecified atom stereocenters. The predicted octanol–water partition coefficient (Wildman–Crippen LogP) is 0.585. The van der Waals surface area contributed by atoms with Crippen molar-refractivity contribution in [2.75, 3.05) is 13.2 Å². The first-order valence-electron chi connectivity index (χ1n) is 4.72. The van der Waals surface area contributed by atoms with E-state index in [-0.39, 0.29) is 5.84 Å². The van der Waals surface area contributed by atoms with Crippen molar-refractivity contribution in [1.29, 1.82) is 5.41 Å². The van der Waals surface area contributed by atoms with E-state index in [1.807, 2.05) is 6.92 Å². The highest BCUT2D eigenvalue weighted by atomic mass is 16.7. The number of rotatable bonds is 2. The Morgan fingerprint density at radius 3 is 2.73 bits per heavy atom. The third-order valence-electron chi connectivity index (χ3n) is 2.33. The zero-order valence-corrected chi connectivity index (χ0v) is 8.49. The fourth-order valence-corrected chi connectivity index (χ4v) is 1.50. The van der Waals surface area contributed by atoms with Gasteiger partial charge >= 0.3 is 0 Å². The van der Waals surface area contributed by atoms with Gasteiger partial charge in [0.2, 0.25) is 5.79 Å². The molecule has 5 nitrogen and oxygen atoms in total. The van der Waals surface area contributed by atoms with E-state index in [0.29, 0.717) is 24.6 Å². The quantitative estimate of drug-likeness (QED) is 0.549. The maximum absolute atomic E-state index is 7.30. The minimum absolute atomic E-state index is 0.0570. The number of nitrogens with two attached hydrogens (primary N) is 1. The Balaban J connectivity index is 2.36. The summed E-state index contributed by atoms with van der Waals surface area (Å²) in [5, 5.41) is 7.30. The summed E-state index contributed by atoms with van der Waals surface area (Å²) in [6.45, 7) is 2.93. The van der Waals surface area contributed by atoms with E-state index >= 15 is 0 Å². The van der Waals surface area contributed by atoms with Crippen molar-refractivity contribution in [3.63, 3.8) is 0 Å². The number of nitrogen functional groups attached to an aromatic ring is 1. The minimum Gasteiger partial charge on any atom is -0.382 e. The van der Waals surface area contributed by atoms with E-state index < -0.39 is 5.79 Å². The molecule has 1 aliphatic heterocycles. The van der Waals surface area contributed by atoms with Crippen molar-refractivity contribution in [2.45, 2.75) is 12.7 Å². The first-order valence-corrected chi connectivity index (χ1v) is 4.72. The molecule has 0 spiro atoms. The molecule has 1 aromatic heterocycles. The normalized spacial score (nSPS) is 19.0. The van der Waals surface area contributed by atoms with Gasteiger partial charge in [-0.2, -0.15) is 0 Å². The molecule has 2 rings (SSSR count). The van der Waals surface area contributed by atoms with Crippen LogP contribution in [0.3, 0.4) is 0 Å². The fourth-order valence-electron chi connectivity index (χ4n) is 1.50. The number of nitrogens with zero attached hydrogens (tertiary/aromatic N) is 1.